The van der Waals surface area contributed by atoms with Gasteiger partial charge in [-0.15, -0.1) is 0 Å². The predicted octanol–water partition coefficient (Wildman–Crippen LogP) is 2.97. The van der Waals surface area contributed by atoms with Crippen LogP contribution < -0.4 is 0 Å². The molecule has 0 unspecified atom stereocenters. The molecule has 0 aliphatic heterocycles. The third kappa shape index (κ3) is 2.06. The van der Waals surface area contributed by atoms with E-state index in [1.165, 1.54) is 12.1 Å². The maximum Gasteiger partial charge on any atom is 0.270 e. The highest BCUT2D eigenvalue weighted by molar-refractivity contribution is 5.62. The fourth-order valence-electron chi connectivity index (χ4n) is 1.47. The van der Waals surface area contributed by atoms with Gasteiger partial charge >= 0.3 is 0 Å². The van der Waals surface area contributed by atoms with E-state index in [2.05, 4.69) is 4.98 Å². The maximum atomic E-state index is 10.6. The molecule has 80 valence electrons. The zero-order valence-electron chi connectivity index (χ0n) is 8.75. The quantitative estimate of drug-likeness (QED) is 0.570. The lowest BCUT2D eigenvalue weighted by molar-refractivity contribution is -0.384. The van der Waals surface area contributed by atoms with Gasteiger partial charge in [0.2, 0.25) is 0 Å². The first-order valence-electron chi connectivity index (χ1n) is 4.84. The average molecular weight is 214 g/mol. The molecule has 0 saturated carbocycles. The molecule has 1 aromatic heterocycles. The Balaban J connectivity index is 2.48. The molecule has 0 amide bonds. The number of benzene rings is 1. The Morgan fingerprint density at radius 2 is 2.06 bits per heavy atom. The molecular weight excluding hydrogens is 204 g/mol. The van der Waals surface area contributed by atoms with E-state index in [9.17, 15) is 10.1 Å². The lowest BCUT2D eigenvalue weighted by Gasteiger charge is -2.01. The van der Waals surface area contributed by atoms with Crippen LogP contribution in [0, 0.1) is 17.0 Å². The molecule has 0 saturated heterocycles. The van der Waals surface area contributed by atoms with E-state index in [0.717, 1.165) is 16.8 Å². The summed E-state index contributed by atoms with van der Waals surface area (Å²) in [5.41, 5.74) is 2.68. The van der Waals surface area contributed by atoms with E-state index in [1.54, 1.807) is 12.3 Å². The zero-order valence-corrected chi connectivity index (χ0v) is 8.75. The van der Waals surface area contributed by atoms with Crippen molar-refractivity contribution in [3.05, 3.63) is 58.3 Å². The standard InChI is InChI=1S/C12H10N2O2/c1-9-5-6-13-12(7-9)10-3-2-4-11(8-10)14(15)16/h2-8H,1H3. The van der Waals surface area contributed by atoms with Crippen LogP contribution in [0.25, 0.3) is 11.3 Å². The molecule has 2 rings (SSSR count). The third-order valence-electron chi connectivity index (χ3n) is 2.27. The van der Waals surface area contributed by atoms with Gasteiger partial charge in [0.15, 0.2) is 0 Å². The summed E-state index contributed by atoms with van der Waals surface area (Å²) in [5.74, 6) is 0. The van der Waals surface area contributed by atoms with E-state index >= 15 is 0 Å². The van der Waals surface area contributed by atoms with Crippen LogP contribution in [0.5, 0.6) is 0 Å². The highest BCUT2D eigenvalue weighted by Crippen LogP contribution is 2.22. The summed E-state index contributed by atoms with van der Waals surface area (Å²) >= 11 is 0. The predicted molar refractivity (Wildman–Crippen MR) is 61.1 cm³/mol. The zero-order chi connectivity index (χ0) is 11.5. The van der Waals surface area contributed by atoms with Gasteiger partial charge in [0.05, 0.1) is 10.6 Å². The fraction of sp³-hybridized carbons (Fsp3) is 0.0833. The summed E-state index contributed by atoms with van der Waals surface area (Å²) < 4.78 is 0. The SMILES string of the molecule is Cc1ccnc(-c2cccc([N+](=O)[O-])c2)c1. The highest BCUT2D eigenvalue weighted by atomic mass is 16.6. The van der Waals surface area contributed by atoms with E-state index in [1.807, 2.05) is 25.1 Å². The van der Waals surface area contributed by atoms with Gasteiger partial charge < -0.3 is 0 Å². The van der Waals surface area contributed by atoms with Crippen molar-refractivity contribution in [2.24, 2.45) is 0 Å². The molecule has 1 aromatic carbocycles. The molecule has 4 nitrogen and oxygen atoms in total. The molecule has 0 bridgehead atoms. The van der Waals surface area contributed by atoms with Gasteiger partial charge in [0.1, 0.15) is 0 Å². The number of aryl methyl sites for hydroxylation is 1. The van der Waals surface area contributed by atoms with Crippen molar-refractivity contribution in [3.63, 3.8) is 0 Å². The molecule has 16 heavy (non-hydrogen) atoms. The fourth-order valence-corrected chi connectivity index (χ4v) is 1.47. The summed E-state index contributed by atoms with van der Waals surface area (Å²) in [6.45, 7) is 1.96. The first-order chi connectivity index (χ1) is 7.66. The van der Waals surface area contributed by atoms with E-state index in [-0.39, 0.29) is 5.69 Å². The monoisotopic (exact) mass is 214 g/mol. The molecule has 0 fully saturated rings. The van der Waals surface area contributed by atoms with Crippen LogP contribution in [0.3, 0.4) is 0 Å². The average Bonchev–Trinajstić information content (AvgIpc) is 2.29. The smallest absolute Gasteiger partial charge is 0.258 e. The molecule has 1 heterocycles. The van der Waals surface area contributed by atoms with Gasteiger partial charge in [-0.2, -0.15) is 0 Å². The number of nitro groups is 1. The number of rotatable bonds is 2. The summed E-state index contributed by atoms with van der Waals surface area (Å²) in [6.07, 6.45) is 1.70. The van der Waals surface area contributed by atoms with Crippen LogP contribution in [0.15, 0.2) is 42.6 Å². The summed E-state index contributed by atoms with van der Waals surface area (Å²) in [4.78, 5) is 14.4. The van der Waals surface area contributed by atoms with Crippen molar-refractivity contribution in [3.8, 4) is 11.3 Å². The van der Waals surface area contributed by atoms with Crippen molar-refractivity contribution >= 4 is 5.69 Å². The Morgan fingerprint density at radius 1 is 1.25 bits per heavy atom. The second-order valence-corrected chi connectivity index (χ2v) is 3.53. The van der Waals surface area contributed by atoms with Crippen molar-refractivity contribution < 1.29 is 4.92 Å². The molecule has 2 aromatic rings. The van der Waals surface area contributed by atoms with E-state index in [4.69, 9.17) is 0 Å². The molecule has 0 aliphatic rings. The Labute approximate surface area is 92.7 Å². The first-order valence-corrected chi connectivity index (χ1v) is 4.84. The van der Waals surface area contributed by atoms with Crippen LogP contribution in [-0.4, -0.2) is 9.91 Å². The van der Waals surface area contributed by atoms with Gasteiger partial charge in [-0.25, -0.2) is 0 Å². The lowest BCUT2D eigenvalue weighted by Crippen LogP contribution is -1.89. The number of hydrogen-bond acceptors (Lipinski definition) is 3. The minimum atomic E-state index is -0.403. The number of nitro benzene ring substituents is 1. The van der Waals surface area contributed by atoms with Crippen molar-refractivity contribution in [2.75, 3.05) is 0 Å². The van der Waals surface area contributed by atoms with Crippen LogP contribution in [0.1, 0.15) is 5.56 Å². The van der Waals surface area contributed by atoms with Gasteiger partial charge in [0.25, 0.3) is 5.69 Å². The third-order valence-corrected chi connectivity index (χ3v) is 2.27. The topological polar surface area (TPSA) is 56.0 Å². The van der Waals surface area contributed by atoms with Crippen molar-refractivity contribution in [1.82, 2.24) is 4.98 Å². The van der Waals surface area contributed by atoms with Crippen LogP contribution in [0.4, 0.5) is 5.69 Å². The Morgan fingerprint density at radius 3 is 2.75 bits per heavy atom. The first kappa shape index (κ1) is 10.3. The number of non-ortho nitro benzene ring substituents is 1. The molecule has 0 aliphatic carbocycles. The van der Waals surface area contributed by atoms with Crippen molar-refractivity contribution in [2.45, 2.75) is 6.92 Å². The van der Waals surface area contributed by atoms with Gasteiger partial charge in [0, 0.05) is 23.9 Å². The Bertz CT molecular complexity index is 538. The maximum absolute atomic E-state index is 10.6. The molecule has 4 heteroatoms. The number of aromatic nitrogens is 1. The molecule has 0 atom stereocenters. The molecule has 0 radical (unpaired) electrons. The molecule has 0 N–H and O–H groups in total. The van der Waals surface area contributed by atoms with Crippen LogP contribution >= 0.6 is 0 Å². The molecule has 0 spiro atoms. The lowest BCUT2D eigenvalue weighted by atomic mass is 10.1. The van der Waals surface area contributed by atoms with E-state index < -0.39 is 4.92 Å². The van der Waals surface area contributed by atoms with Crippen LogP contribution in [0.2, 0.25) is 0 Å². The second kappa shape index (κ2) is 4.10. The summed E-state index contributed by atoms with van der Waals surface area (Å²) in [7, 11) is 0. The number of nitrogens with zero attached hydrogens (tertiary/aromatic N) is 2. The van der Waals surface area contributed by atoms with Gasteiger partial charge in [-0.05, 0) is 24.6 Å². The molecular formula is C12H10N2O2. The number of hydrogen-bond donors (Lipinski definition) is 0. The van der Waals surface area contributed by atoms with Crippen molar-refractivity contribution in [1.29, 1.82) is 0 Å². The number of pyridine rings is 1. The summed E-state index contributed by atoms with van der Waals surface area (Å²) in [6, 6.07) is 10.3. The summed E-state index contributed by atoms with van der Waals surface area (Å²) in [5, 5.41) is 10.6. The minimum Gasteiger partial charge on any atom is -0.258 e. The Hall–Kier alpha value is -2.23. The highest BCUT2D eigenvalue weighted by Gasteiger charge is 2.07. The minimum absolute atomic E-state index is 0.0841. The Kier molecular flexibility index (Phi) is 2.64. The van der Waals surface area contributed by atoms with Crippen LogP contribution in [-0.2, 0) is 0 Å². The van der Waals surface area contributed by atoms with Gasteiger partial charge in [-0.1, -0.05) is 12.1 Å². The normalized spacial score (nSPS) is 10.1. The van der Waals surface area contributed by atoms with Gasteiger partial charge in [-0.3, -0.25) is 15.1 Å². The largest absolute Gasteiger partial charge is 0.270 e. The van der Waals surface area contributed by atoms with E-state index in [0.29, 0.717) is 0 Å². The second-order valence-electron chi connectivity index (χ2n) is 3.53.